The van der Waals surface area contributed by atoms with Crippen LogP contribution in [0.2, 0.25) is 0 Å². The second kappa shape index (κ2) is 5.87. The molecule has 0 aliphatic carbocycles. The third-order valence-corrected chi connectivity index (χ3v) is 3.73. The van der Waals surface area contributed by atoms with Crippen molar-refractivity contribution >= 4 is 11.6 Å². The van der Waals surface area contributed by atoms with Crippen LogP contribution in [0, 0.1) is 18.2 Å². The van der Waals surface area contributed by atoms with Crippen LogP contribution in [-0.2, 0) is 4.74 Å². The first-order valence-electron chi connectivity index (χ1n) is 6.48. The van der Waals surface area contributed by atoms with Gasteiger partial charge in [-0.2, -0.15) is 0 Å². The molecule has 1 aromatic rings. The number of aryl methyl sites for hydroxylation is 1. The molecule has 0 radical (unpaired) electrons. The van der Waals surface area contributed by atoms with Crippen molar-refractivity contribution in [3.8, 4) is 11.3 Å². The smallest absolute Gasteiger partial charge is 0.330 e. The number of aliphatic hydroxyl groups is 2. The molecule has 2 heterocycles. The molecule has 0 spiro atoms. The lowest BCUT2D eigenvalue weighted by atomic mass is 9.90. The molecular formula is C13H16ClN3O5. The molecule has 22 heavy (non-hydrogen) atoms. The Morgan fingerprint density at radius 1 is 1.59 bits per heavy atom. The van der Waals surface area contributed by atoms with Crippen LogP contribution in [0.4, 0.5) is 0 Å². The molecule has 8 nitrogen and oxygen atoms in total. The third-order valence-electron chi connectivity index (χ3n) is 3.64. The minimum absolute atomic E-state index is 0.267. The molecule has 1 fully saturated rings. The Morgan fingerprint density at radius 3 is 2.73 bits per heavy atom. The Balaban J connectivity index is 2.64. The largest absolute Gasteiger partial charge is 0.391 e. The first kappa shape index (κ1) is 16.7. The topological polar surface area (TPSA) is 131 Å². The first-order chi connectivity index (χ1) is 10.2. The van der Waals surface area contributed by atoms with Crippen LogP contribution in [0.25, 0.3) is 0 Å². The summed E-state index contributed by atoms with van der Waals surface area (Å²) in [6.07, 6.45) is -4.73. The predicted octanol–water partition coefficient (Wildman–Crippen LogP) is -1.62. The minimum atomic E-state index is -1.73. The van der Waals surface area contributed by atoms with E-state index >= 15 is 0 Å². The van der Waals surface area contributed by atoms with Crippen molar-refractivity contribution < 1.29 is 14.9 Å². The van der Waals surface area contributed by atoms with Crippen molar-refractivity contribution in [2.75, 3.05) is 0 Å². The number of nitrogens with one attached hydrogen (secondary N) is 1. The van der Waals surface area contributed by atoms with E-state index in [1.807, 2.05) is 0 Å². The number of H-pyrrole nitrogens is 1. The molecule has 1 aliphatic rings. The number of aliphatic hydroxyl groups excluding tert-OH is 2. The van der Waals surface area contributed by atoms with Crippen LogP contribution in [0.3, 0.4) is 0 Å². The molecule has 0 bridgehead atoms. The van der Waals surface area contributed by atoms with Gasteiger partial charge in [0.05, 0.1) is 6.10 Å². The lowest BCUT2D eigenvalue weighted by Crippen LogP contribution is -2.56. The van der Waals surface area contributed by atoms with Crippen molar-refractivity contribution in [1.82, 2.24) is 9.55 Å². The Kier molecular flexibility index (Phi) is 4.47. The van der Waals surface area contributed by atoms with Crippen molar-refractivity contribution in [3.63, 3.8) is 0 Å². The zero-order valence-electron chi connectivity index (χ0n) is 11.9. The Morgan fingerprint density at radius 2 is 2.23 bits per heavy atom. The van der Waals surface area contributed by atoms with Gasteiger partial charge in [0.1, 0.15) is 12.2 Å². The molecular weight excluding hydrogens is 314 g/mol. The molecule has 1 aromatic heterocycles. The molecule has 9 heteroatoms. The summed E-state index contributed by atoms with van der Waals surface area (Å²) in [4.78, 5) is 25.5. The maximum absolute atomic E-state index is 12.1. The van der Waals surface area contributed by atoms with E-state index in [-0.39, 0.29) is 5.69 Å². The number of halogens is 1. The van der Waals surface area contributed by atoms with E-state index in [1.54, 1.807) is 0 Å². The second-order valence-electron chi connectivity index (χ2n) is 5.24. The molecule has 5 N–H and O–H groups in total. The van der Waals surface area contributed by atoms with Gasteiger partial charge in [-0.05, 0) is 25.4 Å². The lowest BCUT2D eigenvalue weighted by Gasteiger charge is -2.28. The molecule has 1 unspecified atom stereocenters. The van der Waals surface area contributed by atoms with Crippen molar-refractivity contribution in [1.29, 1.82) is 0 Å². The van der Waals surface area contributed by atoms with Crippen LogP contribution < -0.4 is 17.0 Å². The highest BCUT2D eigenvalue weighted by Gasteiger charge is 2.56. The zero-order chi connectivity index (χ0) is 16.7. The fourth-order valence-electron chi connectivity index (χ4n) is 2.54. The van der Waals surface area contributed by atoms with E-state index in [0.29, 0.717) is 0 Å². The highest BCUT2D eigenvalue weighted by Crippen LogP contribution is 2.37. The summed E-state index contributed by atoms with van der Waals surface area (Å²) >= 11 is 5.41. The van der Waals surface area contributed by atoms with Crippen LogP contribution in [0.5, 0.6) is 0 Å². The SMILES string of the molecule is Cc1cc(=O)[nH]c(=O)n1[C@@H]1O[C@H]([C@H](C)O)[C@H](O)C1(N)C#CCl. The van der Waals surface area contributed by atoms with Gasteiger partial charge in [-0.1, -0.05) is 5.92 Å². The summed E-state index contributed by atoms with van der Waals surface area (Å²) in [5.41, 5.74) is 3.30. The van der Waals surface area contributed by atoms with E-state index < -0.39 is 41.3 Å². The quantitative estimate of drug-likeness (QED) is 0.482. The second-order valence-corrected chi connectivity index (χ2v) is 5.43. The van der Waals surface area contributed by atoms with Crippen molar-refractivity contribution in [3.05, 3.63) is 32.6 Å². The summed E-state index contributed by atoms with van der Waals surface area (Å²) in [5, 5.41) is 22.1. The summed E-state index contributed by atoms with van der Waals surface area (Å²) in [7, 11) is 0. The number of aromatic amines is 1. The highest BCUT2D eigenvalue weighted by atomic mass is 35.5. The predicted molar refractivity (Wildman–Crippen MR) is 78.2 cm³/mol. The van der Waals surface area contributed by atoms with Gasteiger partial charge in [-0.15, -0.1) is 0 Å². The monoisotopic (exact) mass is 329 g/mol. The van der Waals surface area contributed by atoms with Crippen molar-refractivity contribution in [2.45, 2.75) is 43.9 Å². The summed E-state index contributed by atoms with van der Waals surface area (Å²) in [6.45, 7) is 2.92. The lowest BCUT2D eigenvalue weighted by molar-refractivity contribution is -0.0784. The molecule has 0 saturated carbocycles. The van der Waals surface area contributed by atoms with Crippen molar-refractivity contribution in [2.24, 2.45) is 5.73 Å². The van der Waals surface area contributed by atoms with Gasteiger partial charge < -0.3 is 20.7 Å². The zero-order valence-corrected chi connectivity index (χ0v) is 12.7. The van der Waals surface area contributed by atoms with Gasteiger partial charge in [0.2, 0.25) is 0 Å². The standard InChI is InChI=1S/C13H16ClN3O5/c1-6-5-8(19)16-12(21)17(6)11-13(15,3-4-14)10(20)9(22-11)7(2)18/h5,7,9-11,18,20H,15H2,1-2H3,(H,16,19,21)/t7-,9+,10-,11+,13?/m0/s1. The van der Waals surface area contributed by atoms with Crippen LogP contribution in [0.1, 0.15) is 18.8 Å². The Bertz CT molecular complexity index is 747. The average molecular weight is 330 g/mol. The van der Waals surface area contributed by atoms with Gasteiger partial charge in [-0.3, -0.25) is 14.3 Å². The van der Waals surface area contributed by atoms with Gasteiger partial charge >= 0.3 is 5.69 Å². The summed E-state index contributed by atoms with van der Waals surface area (Å²) < 4.78 is 6.61. The normalized spacial score (nSPS) is 32.4. The van der Waals surface area contributed by atoms with Gasteiger partial charge in [0.15, 0.2) is 11.8 Å². The Hall–Kier alpha value is -1.63. The van der Waals surface area contributed by atoms with Gasteiger partial charge in [0.25, 0.3) is 5.56 Å². The number of aromatic nitrogens is 2. The van der Waals surface area contributed by atoms with E-state index in [0.717, 1.165) is 4.57 Å². The van der Waals surface area contributed by atoms with Crippen LogP contribution >= 0.6 is 11.6 Å². The number of hydrogen-bond acceptors (Lipinski definition) is 6. The fraction of sp³-hybridized carbons (Fsp3) is 0.538. The summed E-state index contributed by atoms with van der Waals surface area (Å²) in [6, 6.07) is 1.18. The highest BCUT2D eigenvalue weighted by molar-refractivity contribution is 6.30. The van der Waals surface area contributed by atoms with Gasteiger partial charge in [0, 0.05) is 17.1 Å². The molecule has 5 atom stereocenters. The molecule has 1 saturated heterocycles. The van der Waals surface area contributed by atoms with Gasteiger partial charge in [-0.25, -0.2) is 4.79 Å². The number of nitrogens with two attached hydrogens (primary N) is 1. The molecule has 1 aliphatic heterocycles. The van der Waals surface area contributed by atoms with Crippen LogP contribution in [0.15, 0.2) is 15.7 Å². The Labute approximate surface area is 130 Å². The molecule has 120 valence electrons. The average Bonchev–Trinajstić information content (AvgIpc) is 2.63. The van der Waals surface area contributed by atoms with E-state index in [1.165, 1.54) is 19.9 Å². The molecule has 0 aromatic carbocycles. The third kappa shape index (κ3) is 2.58. The maximum atomic E-state index is 12.1. The fourth-order valence-corrected chi connectivity index (χ4v) is 2.70. The van der Waals surface area contributed by atoms with E-state index in [9.17, 15) is 19.8 Å². The van der Waals surface area contributed by atoms with Crippen LogP contribution in [-0.4, -0.2) is 43.6 Å². The molecule has 0 amide bonds. The number of rotatable bonds is 2. The molecule has 2 rings (SSSR count). The van der Waals surface area contributed by atoms with E-state index in [2.05, 4.69) is 16.3 Å². The first-order valence-corrected chi connectivity index (χ1v) is 6.86. The number of ether oxygens (including phenoxy) is 1. The minimum Gasteiger partial charge on any atom is -0.391 e. The summed E-state index contributed by atoms with van der Waals surface area (Å²) in [5.74, 6) is 2.43. The maximum Gasteiger partial charge on any atom is 0.330 e. The number of nitrogens with zero attached hydrogens (tertiary/aromatic N) is 1. The van der Waals surface area contributed by atoms with E-state index in [4.69, 9.17) is 22.1 Å². The number of hydrogen-bond donors (Lipinski definition) is 4.